The Kier molecular flexibility index (Phi) is 5.93. The van der Waals surface area contributed by atoms with Gasteiger partial charge >= 0.3 is 0 Å². The topological polar surface area (TPSA) is 60.9 Å². The average Bonchev–Trinajstić information content (AvgIpc) is 3.03. The van der Waals surface area contributed by atoms with E-state index in [0.717, 1.165) is 38.8 Å². The van der Waals surface area contributed by atoms with Gasteiger partial charge < -0.3 is 4.90 Å². The SMILES string of the molecule is CC1CCN(C(=O)C2CCN([C@H]3CC(=O)N(c4ccc(Cl)cc4)C3=O)CC2)CC1. The summed E-state index contributed by atoms with van der Waals surface area (Å²) >= 11 is 5.92. The lowest BCUT2D eigenvalue weighted by molar-refractivity contribution is -0.138. The van der Waals surface area contributed by atoms with Gasteiger partial charge in [0.25, 0.3) is 5.91 Å². The molecule has 29 heavy (non-hydrogen) atoms. The third kappa shape index (κ3) is 4.19. The van der Waals surface area contributed by atoms with Gasteiger partial charge in [-0.2, -0.15) is 0 Å². The van der Waals surface area contributed by atoms with Crippen LogP contribution in [0.3, 0.4) is 0 Å². The van der Waals surface area contributed by atoms with E-state index in [1.807, 2.05) is 4.90 Å². The minimum atomic E-state index is -0.426. The molecule has 1 aromatic carbocycles. The third-order valence-electron chi connectivity index (χ3n) is 6.62. The monoisotopic (exact) mass is 417 g/mol. The van der Waals surface area contributed by atoms with Gasteiger partial charge in [-0.05, 0) is 69.0 Å². The molecule has 7 heteroatoms. The molecular weight excluding hydrogens is 390 g/mol. The molecule has 1 atom stereocenters. The molecule has 3 aliphatic heterocycles. The zero-order valence-electron chi connectivity index (χ0n) is 16.8. The Morgan fingerprint density at radius 1 is 0.966 bits per heavy atom. The van der Waals surface area contributed by atoms with Gasteiger partial charge in [-0.1, -0.05) is 18.5 Å². The van der Waals surface area contributed by atoms with Gasteiger partial charge in [0, 0.05) is 24.0 Å². The lowest BCUT2D eigenvalue weighted by Crippen LogP contribution is -2.49. The van der Waals surface area contributed by atoms with Crippen LogP contribution in [0.15, 0.2) is 24.3 Å². The molecule has 0 aliphatic carbocycles. The van der Waals surface area contributed by atoms with Gasteiger partial charge in [-0.25, -0.2) is 4.90 Å². The van der Waals surface area contributed by atoms with E-state index in [2.05, 4.69) is 11.8 Å². The van der Waals surface area contributed by atoms with Gasteiger partial charge in [-0.15, -0.1) is 0 Å². The lowest BCUT2D eigenvalue weighted by atomic mass is 9.92. The van der Waals surface area contributed by atoms with Crippen molar-refractivity contribution in [3.8, 4) is 0 Å². The van der Waals surface area contributed by atoms with Crippen LogP contribution in [-0.2, 0) is 14.4 Å². The standard InChI is InChI=1S/C22H28ClN3O3/c1-15-6-10-25(11-7-15)21(28)16-8-12-24(13-9-16)19-14-20(27)26(22(19)29)18-4-2-17(23)3-5-18/h2-5,15-16,19H,6-14H2,1H3/t19-/m0/s1. The Morgan fingerprint density at radius 3 is 2.21 bits per heavy atom. The number of anilines is 1. The number of amides is 3. The van der Waals surface area contributed by atoms with Crippen LogP contribution in [0.4, 0.5) is 5.69 Å². The van der Waals surface area contributed by atoms with Crippen molar-refractivity contribution in [2.24, 2.45) is 11.8 Å². The number of halogens is 1. The second-order valence-electron chi connectivity index (χ2n) is 8.58. The summed E-state index contributed by atoms with van der Waals surface area (Å²) in [6.07, 6.45) is 3.88. The fourth-order valence-corrected chi connectivity index (χ4v) is 4.83. The maximum Gasteiger partial charge on any atom is 0.251 e. The average molecular weight is 418 g/mol. The van der Waals surface area contributed by atoms with Crippen LogP contribution < -0.4 is 4.90 Å². The smallest absolute Gasteiger partial charge is 0.251 e. The Balaban J connectivity index is 1.35. The maximum atomic E-state index is 12.9. The molecule has 0 unspecified atom stereocenters. The van der Waals surface area contributed by atoms with Crippen molar-refractivity contribution in [1.82, 2.24) is 9.80 Å². The van der Waals surface area contributed by atoms with E-state index in [0.29, 0.717) is 29.7 Å². The Labute approximate surface area is 176 Å². The molecule has 0 radical (unpaired) electrons. The van der Waals surface area contributed by atoms with E-state index in [1.54, 1.807) is 24.3 Å². The number of hydrogen-bond acceptors (Lipinski definition) is 4. The van der Waals surface area contributed by atoms with E-state index in [4.69, 9.17) is 11.6 Å². The van der Waals surface area contributed by atoms with Crippen LogP contribution >= 0.6 is 11.6 Å². The predicted molar refractivity (Wildman–Crippen MR) is 112 cm³/mol. The van der Waals surface area contributed by atoms with Crippen LogP contribution in [0.2, 0.25) is 5.02 Å². The van der Waals surface area contributed by atoms with Gasteiger partial charge in [0.05, 0.1) is 18.2 Å². The van der Waals surface area contributed by atoms with Crippen LogP contribution in [0.1, 0.15) is 39.0 Å². The van der Waals surface area contributed by atoms with Crippen molar-refractivity contribution in [2.45, 2.75) is 45.1 Å². The second-order valence-corrected chi connectivity index (χ2v) is 9.02. The first-order valence-electron chi connectivity index (χ1n) is 10.6. The molecule has 3 fully saturated rings. The molecule has 3 aliphatic rings. The fraction of sp³-hybridized carbons (Fsp3) is 0.591. The zero-order valence-corrected chi connectivity index (χ0v) is 17.6. The predicted octanol–water partition coefficient (Wildman–Crippen LogP) is 2.94. The van der Waals surface area contributed by atoms with Crippen LogP contribution in [0.25, 0.3) is 0 Å². The molecule has 3 saturated heterocycles. The normalized spacial score (nSPS) is 25.1. The van der Waals surface area contributed by atoms with E-state index in [1.165, 1.54) is 4.90 Å². The lowest BCUT2D eigenvalue weighted by Gasteiger charge is -2.38. The van der Waals surface area contributed by atoms with Crippen molar-refractivity contribution in [3.63, 3.8) is 0 Å². The summed E-state index contributed by atoms with van der Waals surface area (Å²) in [4.78, 5) is 43.7. The van der Waals surface area contributed by atoms with Crippen LogP contribution in [-0.4, -0.2) is 59.7 Å². The van der Waals surface area contributed by atoms with Crippen molar-refractivity contribution in [2.75, 3.05) is 31.1 Å². The molecule has 4 rings (SSSR count). The number of likely N-dealkylation sites (tertiary alicyclic amines) is 2. The Morgan fingerprint density at radius 2 is 1.59 bits per heavy atom. The highest BCUT2D eigenvalue weighted by atomic mass is 35.5. The highest BCUT2D eigenvalue weighted by Gasteiger charge is 2.44. The van der Waals surface area contributed by atoms with E-state index in [9.17, 15) is 14.4 Å². The molecule has 3 heterocycles. The quantitative estimate of drug-likeness (QED) is 0.709. The first-order chi connectivity index (χ1) is 13.9. The molecule has 1 aromatic rings. The molecule has 0 spiro atoms. The Hall–Kier alpha value is -1.92. The summed E-state index contributed by atoms with van der Waals surface area (Å²) < 4.78 is 0. The minimum Gasteiger partial charge on any atom is -0.342 e. The first kappa shape index (κ1) is 20.4. The van der Waals surface area contributed by atoms with Gasteiger partial charge in [0.15, 0.2) is 0 Å². The highest BCUT2D eigenvalue weighted by Crippen LogP contribution is 2.30. The molecule has 0 saturated carbocycles. The molecule has 0 bridgehead atoms. The van der Waals surface area contributed by atoms with E-state index >= 15 is 0 Å². The summed E-state index contributed by atoms with van der Waals surface area (Å²) in [5.74, 6) is 0.665. The number of piperidine rings is 2. The molecular formula is C22H28ClN3O3. The molecule has 0 aromatic heterocycles. The number of carbonyl (C=O) groups excluding carboxylic acids is 3. The number of rotatable bonds is 3. The maximum absolute atomic E-state index is 12.9. The fourth-order valence-electron chi connectivity index (χ4n) is 4.71. The van der Waals surface area contributed by atoms with Gasteiger partial charge in [0.1, 0.15) is 0 Å². The minimum absolute atomic E-state index is 0.0410. The number of nitrogens with zero attached hydrogens (tertiary/aromatic N) is 3. The number of carbonyl (C=O) groups is 3. The van der Waals surface area contributed by atoms with E-state index < -0.39 is 6.04 Å². The van der Waals surface area contributed by atoms with Crippen LogP contribution in [0, 0.1) is 11.8 Å². The van der Waals surface area contributed by atoms with Gasteiger partial charge in [-0.3, -0.25) is 19.3 Å². The largest absolute Gasteiger partial charge is 0.342 e. The van der Waals surface area contributed by atoms with Crippen molar-refractivity contribution in [1.29, 1.82) is 0 Å². The van der Waals surface area contributed by atoms with Crippen molar-refractivity contribution < 1.29 is 14.4 Å². The second kappa shape index (κ2) is 8.44. The number of hydrogen-bond donors (Lipinski definition) is 0. The highest BCUT2D eigenvalue weighted by molar-refractivity contribution is 6.30. The zero-order chi connectivity index (χ0) is 20.5. The summed E-state index contributed by atoms with van der Waals surface area (Å²) in [5.41, 5.74) is 0.566. The molecule has 3 amide bonds. The molecule has 156 valence electrons. The van der Waals surface area contributed by atoms with E-state index in [-0.39, 0.29) is 30.1 Å². The summed E-state index contributed by atoms with van der Waals surface area (Å²) in [6, 6.07) is 6.34. The number of imide groups is 1. The first-order valence-corrected chi connectivity index (χ1v) is 11.0. The molecule has 0 N–H and O–H groups in total. The third-order valence-corrected chi connectivity index (χ3v) is 6.87. The van der Waals surface area contributed by atoms with Crippen LogP contribution in [0.5, 0.6) is 0 Å². The van der Waals surface area contributed by atoms with Crippen molar-refractivity contribution in [3.05, 3.63) is 29.3 Å². The van der Waals surface area contributed by atoms with Gasteiger partial charge in [0.2, 0.25) is 11.8 Å². The molecule has 6 nitrogen and oxygen atoms in total. The Bertz CT molecular complexity index is 781. The summed E-state index contributed by atoms with van der Waals surface area (Å²) in [7, 11) is 0. The summed E-state index contributed by atoms with van der Waals surface area (Å²) in [5, 5.41) is 0.569. The number of benzene rings is 1. The van der Waals surface area contributed by atoms with Crippen molar-refractivity contribution >= 4 is 35.0 Å². The summed E-state index contributed by atoms with van der Waals surface area (Å²) in [6.45, 7) is 5.34.